The SMILES string of the molecule is C[C@@H](NC(=O)N1CCC[C@H]1CN1CCCC1)c1cccc([N+](=O)[O-])c1. The van der Waals surface area contributed by atoms with Crippen LogP contribution in [0.25, 0.3) is 0 Å². The first kappa shape index (κ1) is 17.7. The van der Waals surface area contributed by atoms with Crippen LogP contribution in [0.2, 0.25) is 0 Å². The normalized spacial score (nSPS) is 22.1. The lowest BCUT2D eigenvalue weighted by Gasteiger charge is -2.29. The summed E-state index contributed by atoms with van der Waals surface area (Å²) in [5.74, 6) is 0. The molecule has 2 amide bonds. The van der Waals surface area contributed by atoms with Crippen LogP contribution < -0.4 is 5.32 Å². The number of urea groups is 1. The number of amides is 2. The Kier molecular flexibility index (Phi) is 5.53. The zero-order chi connectivity index (χ0) is 17.8. The van der Waals surface area contributed by atoms with Gasteiger partial charge < -0.3 is 15.1 Å². The van der Waals surface area contributed by atoms with Crippen LogP contribution in [-0.4, -0.2) is 53.0 Å². The average molecular weight is 346 g/mol. The molecule has 2 saturated heterocycles. The van der Waals surface area contributed by atoms with E-state index in [1.807, 2.05) is 17.9 Å². The van der Waals surface area contributed by atoms with Gasteiger partial charge in [0.25, 0.3) is 5.69 Å². The highest BCUT2D eigenvalue weighted by atomic mass is 16.6. The fourth-order valence-electron chi connectivity index (χ4n) is 3.82. The minimum atomic E-state index is -0.412. The third kappa shape index (κ3) is 4.28. The highest BCUT2D eigenvalue weighted by molar-refractivity contribution is 5.75. The summed E-state index contributed by atoms with van der Waals surface area (Å²) in [6.45, 7) is 5.87. The number of nitro benzene ring substituents is 1. The van der Waals surface area contributed by atoms with E-state index in [0.29, 0.717) is 0 Å². The molecular formula is C18H26N4O3. The first-order valence-corrected chi connectivity index (χ1v) is 9.08. The molecule has 25 heavy (non-hydrogen) atoms. The average Bonchev–Trinajstić information content (AvgIpc) is 3.27. The quantitative estimate of drug-likeness (QED) is 0.657. The maximum atomic E-state index is 12.7. The lowest BCUT2D eigenvalue weighted by molar-refractivity contribution is -0.384. The number of nitrogens with one attached hydrogen (secondary N) is 1. The van der Waals surface area contributed by atoms with E-state index in [0.717, 1.165) is 44.6 Å². The lowest BCUT2D eigenvalue weighted by atomic mass is 10.1. The lowest BCUT2D eigenvalue weighted by Crippen LogP contribution is -2.47. The van der Waals surface area contributed by atoms with E-state index in [9.17, 15) is 14.9 Å². The second kappa shape index (κ2) is 7.82. The van der Waals surface area contributed by atoms with Gasteiger partial charge in [0.05, 0.1) is 11.0 Å². The Morgan fingerprint density at radius 2 is 2.08 bits per heavy atom. The number of hydrogen-bond donors (Lipinski definition) is 1. The molecule has 1 aromatic carbocycles. The fraction of sp³-hybridized carbons (Fsp3) is 0.611. The van der Waals surface area contributed by atoms with Crippen molar-refractivity contribution < 1.29 is 9.72 Å². The Morgan fingerprint density at radius 1 is 1.32 bits per heavy atom. The number of likely N-dealkylation sites (tertiary alicyclic amines) is 2. The number of carbonyl (C=O) groups excluding carboxylic acids is 1. The number of rotatable bonds is 5. The van der Waals surface area contributed by atoms with E-state index in [-0.39, 0.29) is 23.8 Å². The van der Waals surface area contributed by atoms with Gasteiger partial charge in [-0.1, -0.05) is 12.1 Å². The van der Waals surface area contributed by atoms with Crippen molar-refractivity contribution in [3.05, 3.63) is 39.9 Å². The number of nitro groups is 1. The van der Waals surface area contributed by atoms with Crippen molar-refractivity contribution in [1.82, 2.24) is 15.1 Å². The van der Waals surface area contributed by atoms with Crippen LogP contribution in [-0.2, 0) is 0 Å². The molecule has 0 aromatic heterocycles. The summed E-state index contributed by atoms with van der Waals surface area (Å²) in [4.78, 5) is 27.6. The van der Waals surface area contributed by atoms with Crippen LogP contribution >= 0.6 is 0 Å². The topological polar surface area (TPSA) is 78.7 Å². The zero-order valence-corrected chi connectivity index (χ0v) is 14.7. The molecule has 2 aliphatic heterocycles. The van der Waals surface area contributed by atoms with Crippen molar-refractivity contribution in [2.24, 2.45) is 0 Å². The maximum absolute atomic E-state index is 12.7. The van der Waals surface area contributed by atoms with Crippen LogP contribution in [0, 0.1) is 10.1 Å². The molecule has 7 heteroatoms. The minimum Gasteiger partial charge on any atom is -0.331 e. The smallest absolute Gasteiger partial charge is 0.318 e. The first-order valence-electron chi connectivity index (χ1n) is 9.08. The molecule has 2 aliphatic rings. The van der Waals surface area contributed by atoms with Crippen molar-refractivity contribution >= 4 is 11.7 Å². The van der Waals surface area contributed by atoms with Crippen molar-refractivity contribution in [3.63, 3.8) is 0 Å². The van der Waals surface area contributed by atoms with Gasteiger partial charge in [-0.15, -0.1) is 0 Å². The Hall–Kier alpha value is -2.15. The molecule has 7 nitrogen and oxygen atoms in total. The van der Waals surface area contributed by atoms with Crippen LogP contribution in [0.1, 0.15) is 44.2 Å². The van der Waals surface area contributed by atoms with Crippen LogP contribution in [0.4, 0.5) is 10.5 Å². The van der Waals surface area contributed by atoms with Crippen molar-refractivity contribution in [1.29, 1.82) is 0 Å². The number of benzene rings is 1. The van der Waals surface area contributed by atoms with E-state index < -0.39 is 4.92 Å². The van der Waals surface area contributed by atoms with E-state index in [2.05, 4.69) is 10.2 Å². The predicted molar refractivity (Wildman–Crippen MR) is 95.4 cm³/mol. The highest BCUT2D eigenvalue weighted by Crippen LogP contribution is 2.23. The van der Waals surface area contributed by atoms with Gasteiger partial charge in [-0.3, -0.25) is 10.1 Å². The molecule has 0 radical (unpaired) electrons. The van der Waals surface area contributed by atoms with Crippen molar-refractivity contribution in [2.45, 2.75) is 44.7 Å². The standard InChI is InChI=1S/C18H26N4O3/c1-14(15-6-4-7-16(12-15)22(24)25)19-18(23)21-11-5-8-17(21)13-20-9-2-3-10-20/h4,6-7,12,14,17H,2-3,5,8-11,13H2,1H3,(H,19,23)/t14-,17+/m1/s1. The minimum absolute atomic E-state index is 0.0479. The molecule has 2 heterocycles. The van der Waals surface area contributed by atoms with E-state index >= 15 is 0 Å². The second-order valence-corrected chi connectivity index (χ2v) is 7.02. The molecule has 1 N–H and O–H groups in total. The van der Waals surface area contributed by atoms with Gasteiger partial charge in [0.1, 0.15) is 0 Å². The Balaban J connectivity index is 1.60. The fourth-order valence-corrected chi connectivity index (χ4v) is 3.82. The van der Waals surface area contributed by atoms with E-state index in [1.54, 1.807) is 6.07 Å². The van der Waals surface area contributed by atoms with Gasteiger partial charge in [-0.05, 0) is 51.3 Å². The Labute approximate surface area is 148 Å². The summed E-state index contributed by atoms with van der Waals surface area (Å²) in [5, 5.41) is 13.9. The summed E-state index contributed by atoms with van der Waals surface area (Å²) >= 11 is 0. The van der Waals surface area contributed by atoms with Crippen LogP contribution in [0.3, 0.4) is 0 Å². The van der Waals surface area contributed by atoms with Gasteiger partial charge in [0, 0.05) is 31.3 Å². The molecule has 0 bridgehead atoms. The van der Waals surface area contributed by atoms with Crippen LogP contribution in [0.5, 0.6) is 0 Å². The van der Waals surface area contributed by atoms with Gasteiger partial charge in [0.15, 0.2) is 0 Å². The number of nitrogens with zero attached hydrogens (tertiary/aromatic N) is 3. The first-order chi connectivity index (χ1) is 12.0. The van der Waals surface area contributed by atoms with E-state index in [1.165, 1.54) is 25.0 Å². The molecular weight excluding hydrogens is 320 g/mol. The maximum Gasteiger partial charge on any atom is 0.318 e. The molecule has 1 aromatic rings. The summed E-state index contributed by atoms with van der Waals surface area (Å²) < 4.78 is 0. The monoisotopic (exact) mass is 346 g/mol. The number of carbonyl (C=O) groups is 1. The van der Waals surface area contributed by atoms with Gasteiger partial charge >= 0.3 is 6.03 Å². The third-order valence-electron chi connectivity index (χ3n) is 5.23. The van der Waals surface area contributed by atoms with Crippen molar-refractivity contribution in [2.75, 3.05) is 26.2 Å². The molecule has 136 valence electrons. The summed E-state index contributed by atoms with van der Waals surface area (Å²) in [7, 11) is 0. The highest BCUT2D eigenvalue weighted by Gasteiger charge is 2.31. The molecule has 3 rings (SSSR count). The summed E-state index contributed by atoms with van der Waals surface area (Å²) in [6, 6.07) is 6.39. The number of non-ortho nitro benzene ring substituents is 1. The van der Waals surface area contributed by atoms with Gasteiger partial charge in [-0.2, -0.15) is 0 Å². The summed E-state index contributed by atoms with van der Waals surface area (Å²) in [6.07, 6.45) is 4.59. The van der Waals surface area contributed by atoms with Crippen molar-refractivity contribution in [3.8, 4) is 0 Å². The Bertz CT molecular complexity index is 631. The largest absolute Gasteiger partial charge is 0.331 e. The van der Waals surface area contributed by atoms with E-state index in [4.69, 9.17) is 0 Å². The molecule has 0 unspecified atom stereocenters. The molecule has 2 fully saturated rings. The molecule has 0 saturated carbocycles. The second-order valence-electron chi connectivity index (χ2n) is 7.02. The molecule has 2 atom stereocenters. The van der Waals surface area contributed by atoms with Gasteiger partial charge in [-0.25, -0.2) is 4.79 Å². The third-order valence-corrected chi connectivity index (χ3v) is 5.23. The Morgan fingerprint density at radius 3 is 2.80 bits per heavy atom. The predicted octanol–water partition coefficient (Wildman–Crippen LogP) is 2.93. The van der Waals surface area contributed by atoms with Gasteiger partial charge in [0.2, 0.25) is 0 Å². The summed E-state index contributed by atoms with van der Waals surface area (Å²) in [5.41, 5.74) is 0.796. The number of hydrogen-bond acceptors (Lipinski definition) is 4. The zero-order valence-electron chi connectivity index (χ0n) is 14.7. The van der Waals surface area contributed by atoms with Crippen LogP contribution in [0.15, 0.2) is 24.3 Å². The molecule has 0 aliphatic carbocycles. The molecule has 0 spiro atoms.